The minimum atomic E-state index is -0.0700. The van der Waals surface area contributed by atoms with Gasteiger partial charge in [-0.05, 0) is 17.7 Å². The summed E-state index contributed by atoms with van der Waals surface area (Å²) in [7, 11) is 1.65. The average Bonchev–Trinajstić information content (AvgIpc) is 2.58. The second-order valence-electron chi connectivity index (χ2n) is 5.28. The molecule has 2 heterocycles. The van der Waals surface area contributed by atoms with Crippen molar-refractivity contribution in [3.63, 3.8) is 0 Å². The van der Waals surface area contributed by atoms with Crippen molar-refractivity contribution in [3.05, 3.63) is 51.9 Å². The van der Waals surface area contributed by atoms with Gasteiger partial charge in [-0.25, -0.2) is 9.97 Å². The Labute approximate surface area is 145 Å². The quantitative estimate of drug-likeness (QED) is 0.841. The summed E-state index contributed by atoms with van der Waals surface area (Å²) in [5.41, 5.74) is 1.87. The molecular formula is C16H17Cl2N3O2. The average molecular weight is 354 g/mol. The number of nitrogens with zero attached hydrogens (tertiary/aromatic N) is 3. The molecule has 1 aromatic heterocycles. The van der Waals surface area contributed by atoms with E-state index in [1.54, 1.807) is 19.5 Å². The molecule has 1 fully saturated rings. The van der Waals surface area contributed by atoms with E-state index in [-0.39, 0.29) is 6.10 Å². The Hall–Kier alpha value is -1.40. The summed E-state index contributed by atoms with van der Waals surface area (Å²) >= 11 is 12.1. The fraction of sp³-hybridized carbons (Fsp3) is 0.375. The lowest BCUT2D eigenvalue weighted by molar-refractivity contribution is 0.0395. The van der Waals surface area contributed by atoms with Gasteiger partial charge in [-0.3, -0.25) is 0 Å². The molecule has 23 heavy (non-hydrogen) atoms. The molecule has 1 unspecified atom stereocenters. The summed E-state index contributed by atoms with van der Waals surface area (Å²) in [6.07, 6.45) is 1.49. The maximum atomic E-state index is 6.11. The Morgan fingerprint density at radius 2 is 2.13 bits per heavy atom. The molecule has 1 saturated heterocycles. The van der Waals surface area contributed by atoms with E-state index < -0.39 is 0 Å². The Balaban J connectivity index is 1.77. The van der Waals surface area contributed by atoms with Crippen molar-refractivity contribution in [3.8, 4) is 0 Å². The van der Waals surface area contributed by atoms with E-state index in [9.17, 15) is 0 Å². The molecular weight excluding hydrogens is 337 g/mol. The molecule has 0 spiro atoms. The summed E-state index contributed by atoms with van der Waals surface area (Å²) < 4.78 is 11.0. The fourth-order valence-corrected chi connectivity index (χ4v) is 2.86. The van der Waals surface area contributed by atoms with E-state index >= 15 is 0 Å². The molecule has 7 heteroatoms. The minimum absolute atomic E-state index is 0.0700. The summed E-state index contributed by atoms with van der Waals surface area (Å²) in [6, 6.07) is 7.54. The maximum absolute atomic E-state index is 6.11. The van der Waals surface area contributed by atoms with Gasteiger partial charge >= 0.3 is 0 Å². The number of anilines is 1. The van der Waals surface area contributed by atoms with Crippen molar-refractivity contribution in [2.24, 2.45) is 0 Å². The predicted molar refractivity (Wildman–Crippen MR) is 90.1 cm³/mol. The monoisotopic (exact) mass is 353 g/mol. The van der Waals surface area contributed by atoms with Gasteiger partial charge in [0.05, 0.1) is 29.0 Å². The van der Waals surface area contributed by atoms with Crippen LogP contribution in [0.4, 0.5) is 5.82 Å². The first-order valence-corrected chi connectivity index (χ1v) is 8.04. The van der Waals surface area contributed by atoms with Crippen molar-refractivity contribution < 1.29 is 9.47 Å². The number of ether oxygens (including phenoxy) is 2. The zero-order valence-corrected chi connectivity index (χ0v) is 14.2. The molecule has 1 aliphatic rings. The SMILES string of the molecule is COCc1cc(N2CCOC(c3ccc(Cl)c(Cl)c3)C2)ncn1. The normalized spacial score (nSPS) is 18.2. The number of rotatable bonds is 4. The van der Waals surface area contributed by atoms with Crippen molar-refractivity contribution in [1.29, 1.82) is 0 Å². The highest BCUT2D eigenvalue weighted by molar-refractivity contribution is 6.42. The van der Waals surface area contributed by atoms with Crippen LogP contribution < -0.4 is 4.90 Å². The third-order valence-electron chi connectivity index (χ3n) is 3.71. The molecule has 122 valence electrons. The van der Waals surface area contributed by atoms with Gasteiger partial charge in [-0.2, -0.15) is 0 Å². The zero-order chi connectivity index (χ0) is 16.2. The standard InChI is InChI=1S/C16H17Cl2N3O2/c1-22-9-12-7-16(20-10-19-12)21-4-5-23-15(8-21)11-2-3-13(17)14(18)6-11/h2-3,6-7,10,15H,4-5,8-9H2,1H3. The van der Waals surface area contributed by atoms with E-state index in [1.807, 2.05) is 18.2 Å². The number of aromatic nitrogens is 2. The predicted octanol–water partition coefficient (Wildman–Crippen LogP) is 3.51. The molecule has 0 N–H and O–H groups in total. The van der Waals surface area contributed by atoms with Crippen LogP contribution in [0.3, 0.4) is 0 Å². The van der Waals surface area contributed by atoms with Gasteiger partial charge in [0, 0.05) is 26.3 Å². The molecule has 3 rings (SSSR count). The lowest BCUT2D eigenvalue weighted by atomic mass is 10.1. The highest BCUT2D eigenvalue weighted by atomic mass is 35.5. The third-order valence-corrected chi connectivity index (χ3v) is 4.45. The largest absolute Gasteiger partial charge is 0.378 e. The molecule has 0 amide bonds. The maximum Gasteiger partial charge on any atom is 0.132 e. The van der Waals surface area contributed by atoms with Gasteiger partial charge in [0.1, 0.15) is 18.2 Å². The molecule has 0 saturated carbocycles. The molecule has 1 atom stereocenters. The van der Waals surface area contributed by atoms with Crippen molar-refractivity contribution in [2.75, 3.05) is 31.7 Å². The topological polar surface area (TPSA) is 47.5 Å². The molecule has 0 radical (unpaired) electrons. The van der Waals surface area contributed by atoms with Gasteiger partial charge in [-0.15, -0.1) is 0 Å². The molecule has 5 nitrogen and oxygen atoms in total. The first-order chi connectivity index (χ1) is 11.2. The van der Waals surface area contributed by atoms with Crippen molar-refractivity contribution in [2.45, 2.75) is 12.7 Å². The zero-order valence-electron chi connectivity index (χ0n) is 12.7. The van der Waals surface area contributed by atoms with Gasteiger partial charge in [0.25, 0.3) is 0 Å². The summed E-state index contributed by atoms with van der Waals surface area (Å²) in [5.74, 6) is 0.875. The van der Waals surface area contributed by atoms with Crippen LogP contribution in [0.2, 0.25) is 10.0 Å². The summed E-state index contributed by atoms with van der Waals surface area (Å²) in [6.45, 7) is 2.56. The van der Waals surface area contributed by atoms with Crippen LogP contribution in [0.1, 0.15) is 17.4 Å². The Bertz CT molecular complexity index is 684. The number of methoxy groups -OCH3 is 1. The Morgan fingerprint density at radius 3 is 2.91 bits per heavy atom. The summed E-state index contributed by atoms with van der Waals surface area (Å²) in [4.78, 5) is 10.7. The second kappa shape index (κ2) is 7.45. The van der Waals surface area contributed by atoms with E-state index in [0.717, 1.165) is 23.6 Å². The lowest BCUT2D eigenvalue weighted by Crippen LogP contribution is -2.39. The number of halogens is 2. The van der Waals surface area contributed by atoms with Crippen LogP contribution >= 0.6 is 23.2 Å². The lowest BCUT2D eigenvalue weighted by Gasteiger charge is -2.34. The molecule has 1 aliphatic heterocycles. The minimum Gasteiger partial charge on any atom is -0.378 e. The van der Waals surface area contributed by atoms with E-state index in [1.165, 1.54) is 0 Å². The smallest absolute Gasteiger partial charge is 0.132 e. The van der Waals surface area contributed by atoms with Crippen LogP contribution in [0.15, 0.2) is 30.6 Å². The van der Waals surface area contributed by atoms with Crippen LogP contribution in [0, 0.1) is 0 Å². The number of benzene rings is 1. The van der Waals surface area contributed by atoms with Crippen LogP contribution in [0.5, 0.6) is 0 Å². The molecule has 1 aromatic carbocycles. The van der Waals surface area contributed by atoms with Crippen LogP contribution in [0.25, 0.3) is 0 Å². The molecule has 2 aromatic rings. The second-order valence-corrected chi connectivity index (χ2v) is 6.09. The molecule has 0 aliphatic carbocycles. The van der Waals surface area contributed by atoms with Crippen molar-refractivity contribution >= 4 is 29.0 Å². The Morgan fingerprint density at radius 1 is 1.26 bits per heavy atom. The number of hydrogen-bond acceptors (Lipinski definition) is 5. The van der Waals surface area contributed by atoms with Gasteiger partial charge in [-0.1, -0.05) is 29.3 Å². The summed E-state index contributed by atoms with van der Waals surface area (Å²) in [5, 5.41) is 1.08. The first kappa shape index (κ1) is 16.5. The van der Waals surface area contributed by atoms with Gasteiger partial charge in [0.15, 0.2) is 0 Å². The highest BCUT2D eigenvalue weighted by Gasteiger charge is 2.23. The van der Waals surface area contributed by atoms with E-state index in [4.69, 9.17) is 32.7 Å². The fourth-order valence-electron chi connectivity index (χ4n) is 2.56. The molecule has 0 bridgehead atoms. The van der Waals surface area contributed by atoms with Crippen LogP contribution in [-0.2, 0) is 16.1 Å². The van der Waals surface area contributed by atoms with Crippen molar-refractivity contribution in [1.82, 2.24) is 9.97 Å². The number of hydrogen-bond donors (Lipinski definition) is 0. The van der Waals surface area contributed by atoms with Gasteiger partial charge < -0.3 is 14.4 Å². The first-order valence-electron chi connectivity index (χ1n) is 7.28. The van der Waals surface area contributed by atoms with Crippen LogP contribution in [-0.4, -0.2) is 36.8 Å². The third kappa shape index (κ3) is 3.93. The van der Waals surface area contributed by atoms with E-state index in [2.05, 4.69) is 14.9 Å². The number of morpholine rings is 1. The van der Waals surface area contributed by atoms with Gasteiger partial charge in [0.2, 0.25) is 0 Å². The van der Waals surface area contributed by atoms with E-state index in [0.29, 0.717) is 29.8 Å². The highest BCUT2D eigenvalue weighted by Crippen LogP contribution is 2.30. The Kier molecular flexibility index (Phi) is 5.33.